The predicted octanol–water partition coefficient (Wildman–Crippen LogP) is 3.98. The van der Waals surface area contributed by atoms with Crippen LogP contribution in [0.15, 0.2) is 40.9 Å². The summed E-state index contributed by atoms with van der Waals surface area (Å²) in [5, 5.41) is 12.8. The Labute approximate surface area is 138 Å². The van der Waals surface area contributed by atoms with Crippen LogP contribution in [0.5, 0.6) is 0 Å². The summed E-state index contributed by atoms with van der Waals surface area (Å²) >= 11 is 15.7. The lowest BCUT2D eigenvalue weighted by atomic mass is 10.2. The molecule has 0 amide bonds. The topological polar surface area (TPSA) is 69.6 Å². The van der Waals surface area contributed by atoms with Crippen LogP contribution < -0.4 is 5.73 Å². The Balaban J connectivity index is 2.17. The van der Waals surface area contributed by atoms with Gasteiger partial charge in [-0.3, -0.25) is 0 Å². The maximum absolute atomic E-state index is 6.21. The monoisotopic (exact) mass is 383 g/mol. The zero-order chi connectivity index (χ0) is 15.0. The van der Waals surface area contributed by atoms with Crippen molar-refractivity contribution >= 4 is 44.8 Å². The molecule has 8 heteroatoms. The van der Waals surface area contributed by atoms with Gasteiger partial charge in [0.05, 0.1) is 15.7 Å². The molecular weight excluding hydrogens is 377 g/mol. The van der Waals surface area contributed by atoms with Gasteiger partial charge in [-0.15, -0.1) is 5.10 Å². The maximum Gasteiger partial charge on any atom is 0.188 e. The first kappa shape index (κ1) is 14.3. The summed E-state index contributed by atoms with van der Waals surface area (Å²) in [6.45, 7) is 0. The second kappa shape index (κ2) is 5.63. The molecule has 2 aromatic carbocycles. The van der Waals surface area contributed by atoms with Crippen molar-refractivity contribution in [1.29, 1.82) is 0 Å². The molecule has 0 radical (unpaired) electrons. The molecule has 5 nitrogen and oxygen atoms in total. The molecule has 0 fully saturated rings. The number of nitrogen functional groups attached to an aromatic ring is 1. The smallest absolute Gasteiger partial charge is 0.188 e. The third-order valence-corrected chi connectivity index (χ3v) is 4.41. The van der Waals surface area contributed by atoms with Crippen LogP contribution in [0.1, 0.15) is 0 Å². The third-order valence-electron chi connectivity index (χ3n) is 2.85. The standard InChI is InChI=1S/C13H8BrCl2N5/c14-10-3-2-8(6-12(10)16)21-13(18-19-20-21)9-5-7(17)1-4-11(9)15/h1-6H,17H2. The average Bonchev–Trinajstić information content (AvgIpc) is 2.93. The van der Waals surface area contributed by atoms with Gasteiger partial charge in [-0.05, 0) is 62.8 Å². The van der Waals surface area contributed by atoms with Gasteiger partial charge in [0.25, 0.3) is 0 Å². The van der Waals surface area contributed by atoms with Gasteiger partial charge < -0.3 is 5.73 Å². The molecule has 1 heterocycles. The summed E-state index contributed by atoms with van der Waals surface area (Å²) in [5.74, 6) is 0.491. The first-order valence-corrected chi connectivity index (χ1v) is 7.40. The number of rotatable bonds is 2. The fourth-order valence-corrected chi connectivity index (χ4v) is 2.48. The SMILES string of the molecule is Nc1ccc(Cl)c(-c2nnnn2-c2ccc(Br)c(Cl)c2)c1. The molecule has 106 valence electrons. The van der Waals surface area contributed by atoms with Crippen molar-refractivity contribution in [1.82, 2.24) is 20.2 Å². The van der Waals surface area contributed by atoms with E-state index in [0.717, 1.165) is 10.2 Å². The number of halogens is 3. The molecule has 0 aliphatic heterocycles. The second-order valence-electron chi connectivity index (χ2n) is 4.25. The lowest BCUT2D eigenvalue weighted by Crippen LogP contribution is -2.00. The largest absolute Gasteiger partial charge is 0.399 e. The minimum Gasteiger partial charge on any atom is -0.399 e. The Kier molecular flexibility index (Phi) is 3.84. The number of tetrazole rings is 1. The van der Waals surface area contributed by atoms with Crippen LogP contribution >= 0.6 is 39.1 Å². The minimum absolute atomic E-state index is 0.491. The molecular formula is C13H8BrCl2N5. The Morgan fingerprint density at radius 3 is 2.62 bits per heavy atom. The number of aromatic nitrogens is 4. The van der Waals surface area contributed by atoms with Crippen molar-refractivity contribution in [2.24, 2.45) is 0 Å². The van der Waals surface area contributed by atoms with Gasteiger partial charge in [0, 0.05) is 15.7 Å². The lowest BCUT2D eigenvalue weighted by Gasteiger charge is -2.08. The van der Waals surface area contributed by atoms with Crippen molar-refractivity contribution in [3.8, 4) is 17.1 Å². The molecule has 0 aliphatic rings. The number of hydrogen-bond donors (Lipinski definition) is 1. The zero-order valence-electron chi connectivity index (χ0n) is 10.5. The quantitative estimate of drug-likeness (QED) is 0.678. The van der Waals surface area contributed by atoms with Gasteiger partial charge >= 0.3 is 0 Å². The molecule has 0 atom stereocenters. The fourth-order valence-electron chi connectivity index (χ4n) is 1.86. The summed E-state index contributed by atoms with van der Waals surface area (Å²) in [6, 6.07) is 10.6. The number of hydrogen-bond acceptors (Lipinski definition) is 4. The van der Waals surface area contributed by atoms with E-state index in [9.17, 15) is 0 Å². The highest BCUT2D eigenvalue weighted by atomic mass is 79.9. The number of anilines is 1. The van der Waals surface area contributed by atoms with E-state index in [1.54, 1.807) is 28.9 Å². The molecule has 21 heavy (non-hydrogen) atoms. The van der Waals surface area contributed by atoms with Crippen LogP contribution in [0.25, 0.3) is 17.1 Å². The Bertz CT molecular complexity index is 818. The maximum atomic E-state index is 6.21. The van der Waals surface area contributed by atoms with Crippen LogP contribution in [-0.2, 0) is 0 Å². The van der Waals surface area contributed by atoms with Crippen molar-refractivity contribution in [2.45, 2.75) is 0 Å². The van der Waals surface area contributed by atoms with Crippen molar-refractivity contribution in [2.75, 3.05) is 5.73 Å². The summed E-state index contributed by atoms with van der Waals surface area (Å²) in [5.41, 5.74) is 7.76. The van der Waals surface area contributed by atoms with E-state index in [0.29, 0.717) is 27.1 Å². The highest BCUT2D eigenvalue weighted by molar-refractivity contribution is 9.10. The summed E-state index contributed by atoms with van der Waals surface area (Å²) < 4.78 is 2.35. The van der Waals surface area contributed by atoms with Crippen LogP contribution in [0.2, 0.25) is 10.0 Å². The highest BCUT2D eigenvalue weighted by Gasteiger charge is 2.15. The normalized spacial score (nSPS) is 10.8. The summed E-state index contributed by atoms with van der Waals surface area (Å²) in [7, 11) is 0. The third kappa shape index (κ3) is 2.74. The van der Waals surface area contributed by atoms with Crippen molar-refractivity contribution in [3.05, 3.63) is 50.9 Å². The van der Waals surface area contributed by atoms with E-state index >= 15 is 0 Å². The molecule has 0 bridgehead atoms. The molecule has 1 aromatic heterocycles. The first-order valence-electron chi connectivity index (χ1n) is 5.85. The fraction of sp³-hybridized carbons (Fsp3) is 0. The minimum atomic E-state index is 0.491. The lowest BCUT2D eigenvalue weighted by molar-refractivity contribution is 0.791. The van der Waals surface area contributed by atoms with Gasteiger partial charge in [-0.2, -0.15) is 4.68 Å². The number of nitrogens with two attached hydrogens (primary N) is 1. The second-order valence-corrected chi connectivity index (χ2v) is 5.92. The van der Waals surface area contributed by atoms with Gasteiger partial charge in [-0.25, -0.2) is 0 Å². The van der Waals surface area contributed by atoms with E-state index in [-0.39, 0.29) is 0 Å². The highest BCUT2D eigenvalue weighted by Crippen LogP contribution is 2.30. The summed E-state index contributed by atoms with van der Waals surface area (Å²) in [4.78, 5) is 0. The van der Waals surface area contributed by atoms with Crippen LogP contribution in [0.4, 0.5) is 5.69 Å². The van der Waals surface area contributed by atoms with Crippen LogP contribution in [-0.4, -0.2) is 20.2 Å². The van der Waals surface area contributed by atoms with Gasteiger partial charge in [0.15, 0.2) is 5.82 Å². The van der Waals surface area contributed by atoms with Crippen molar-refractivity contribution in [3.63, 3.8) is 0 Å². The van der Waals surface area contributed by atoms with Gasteiger partial charge in [0.1, 0.15) is 0 Å². The van der Waals surface area contributed by atoms with E-state index < -0.39 is 0 Å². The van der Waals surface area contributed by atoms with Crippen molar-refractivity contribution < 1.29 is 0 Å². The Hall–Kier alpha value is -1.63. The molecule has 0 unspecified atom stereocenters. The zero-order valence-corrected chi connectivity index (χ0v) is 13.6. The van der Waals surface area contributed by atoms with E-state index in [1.165, 1.54) is 0 Å². The molecule has 0 saturated carbocycles. The Morgan fingerprint density at radius 2 is 1.86 bits per heavy atom. The molecule has 0 spiro atoms. The van der Waals surface area contributed by atoms with E-state index in [4.69, 9.17) is 28.9 Å². The Morgan fingerprint density at radius 1 is 1.05 bits per heavy atom. The number of nitrogens with zero attached hydrogens (tertiary/aromatic N) is 4. The molecule has 2 N–H and O–H groups in total. The number of benzene rings is 2. The molecule has 0 aliphatic carbocycles. The van der Waals surface area contributed by atoms with Crippen LogP contribution in [0.3, 0.4) is 0 Å². The molecule has 3 rings (SSSR count). The molecule has 3 aromatic rings. The molecule has 0 saturated heterocycles. The van der Waals surface area contributed by atoms with Gasteiger partial charge in [-0.1, -0.05) is 23.2 Å². The van der Waals surface area contributed by atoms with E-state index in [1.807, 2.05) is 12.1 Å². The van der Waals surface area contributed by atoms with E-state index in [2.05, 4.69) is 31.5 Å². The van der Waals surface area contributed by atoms with Crippen LogP contribution in [0, 0.1) is 0 Å². The average molecular weight is 385 g/mol. The van der Waals surface area contributed by atoms with Gasteiger partial charge in [0.2, 0.25) is 0 Å². The summed E-state index contributed by atoms with van der Waals surface area (Å²) in [6.07, 6.45) is 0. The first-order chi connectivity index (χ1) is 10.1. The predicted molar refractivity (Wildman–Crippen MR) is 86.7 cm³/mol.